The summed E-state index contributed by atoms with van der Waals surface area (Å²) < 4.78 is 41.3. The summed E-state index contributed by atoms with van der Waals surface area (Å²) in [5.74, 6) is -0.574. The number of aromatic nitrogens is 2. The van der Waals surface area contributed by atoms with Crippen LogP contribution in [0, 0.1) is 24.5 Å². The molecule has 1 fully saturated rings. The maximum absolute atomic E-state index is 14.5. The molecule has 3 aromatic rings. The summed E-state index contributed by atoms with van der Waals surface area (Å²) in [5, 5.41) is 15.3. The van der Waals surface area contributed by atoms with Crippen molar-refractivity contribution in [3.8, 4) is 17.3 Å². The number of rotatable bonds is 12. The van der Waals surface area contributed by atoms with E-state index in [1.165, 1.54) is 25.0 Å². The SMILES string of the molecule is Cc1nn(-c2ccccc2)c(Oc2ccc(F)cc2F)c1CN(CC(O)COC(C)C)CC1CC1. The molecule has 1 aliphatic rings. The standard InChI is InChI=1S/C27H33F2N3O3/c1-18(2)34-17-23(33)15-31(14-20-9-10-20)16-24-19(3)30-32(22-7-5-4-6-8-22)27(24)35-26-12-11-21(28)13-25(26)29/h4-8,11-13,18,20,23,33H,9-10,14-17H2,1-3H3. The summed E-state index contributed by atoms with van der Waals surface area (Å²) in [7, 11) is 0. The molecule has 0 spiro atoms. The number of benzene rings is 2. The lowest BCUT2D eigenvalue weighted by atomic mass is 10.2. The van der Waals surface area contributed by atoms with Gasteiger partial charge in [-0.05, 0) is 63.8 Å². The zero-order valence-corrected chi connectivity index (χ0v) is 20.5. The summed E-state index contributed by atoms with van der Waals surface area (Å²) in [5.41, 5.74) is 2.29. The highest BCUT2D eigenvalue weighted by molar-refractivity contribution is 5.43. The van der Waals surface area contributed by atoms with Crippen molar-refractivity contribution in [1.82, 2.24) is 14.7 Å². The second-order valence-corrected chi connectivity index (χ2v) is 9.47. The van der Waals surface area contributed by atoms with Crippen molar-refractivity contribution >= 4 is 0 Å². The maximum atomic E-state index is 14.5. The number of ether oxygens (including phenoxy) is 2. The minimum Gasteiger partial charge on any atom is -0.435 e. The number of aryl methyl sites for hydroxylation is 1. The van der Waals surface area contributed by atoms with Crippen LogP contribution >= 0.6 is 0 Å². The van der Waals surface area contributed by atoms with Crippen LogP contribution in [-0.2, 0) is 11.3 Å². The van der Waals surface area contributed by atoms with Crippen LogP contribution in [0.3, 0.4) is 0 Å². The maximum Gasteiger partial charge on any atom is 0.227 e. The van der Waals surface area contributed by atoms with Gasteiger partial charge < -0.3 is 14.6 Å². The van der Waals surface area contributed by atoms with Gasteiger partial charge in [0, 0.05) is 25.7 Å². The number of nitrogens with zero attached hydrogens (tertiary/aromatic N) is 3. The van der Waals surface area contributed by atoms with E-state index in [4.69, 9.17) is 14.6 Å². The largest absolute Gasteiger partial charge is 0.435 e. The van der Waals surface area contributed by atoms with Crippen LogP contribution in [0.5, 0.6) is 11.6 Å². The Balaban J connectivity index is 1.65. The predicted octanol–water partition coefficient (Wildman–Crippen LogP) is 5.25. The lowest BCUT2D eigenvalue weighted by molar-refractivity contribution is -0.0101. The van der Waals surface area contributed by atoms with Crippen molar-refractivity contribution in [2.24, 2.45) is 5.92 Å². The molecule has 188 valence electrons. The second-order valence-electron chi connectivity index (χ2n) is 9.47. The van der Waals surface area contributed by atoms with Gasteiger partial charge in [0.05, 0.1) is 35.8 Å². The Hall–Kier alpha value is -2.81. The molecule has 0 bridgehead atoms. The van der Waals surface area contributed by atoms with Crippen LogP contribution < -0.4 is 4.74 Å². The molecule has 1 aliphatic carbocycles. The third-order valence-electron chi connectivity index (χ3n) is 5.92. The van der Waals surface area contributed by atoms with Gasteiger partial charge in [0.1, 0.15) is 5.82 Å². The molecule has 0 radical (unpaired) electrons. The van der Waals surface area contributed by atoms with Crippen LogP contribution in [-0.4, -0.2) is 51.7 Å². The average Bonchev–Trinajstić information content (AvgIpc) is 3.59. The Morgan fingerprint density at radius 1 is 1.14 bits per heavy atom. The van der Waals surface area contributed by atoms with Crippen molar-refractivity contribution in [3.63, 3.8) is 0 Å². The van der Waals surface area contributed by atoms with Crippen molar-refractivity contribution in [1.29, 1.82) is 0 Å². The number of hydrogen-bond donors (Lipinski definition) is 1. The molecule has 1 unspecified atom stereocenters. The van der Waals surface area contributed by atoms with E-state index < -0.39 is 17.7 Å². The Labute approximate surface area is 205 Å². The first-order chi connectivity index (χ1) is 16.8. The highest BCUT2D eigenvalue weighted by atomic mass is 19.1. The third kappa shape index (κ3) is 6.87. The van der Waals surface area contributed by atoms with Gasteiger partial charge in [-0.2, -0.15) is 5.10 Å². The van der Waals surface area contributed by atoms with Crippen LogP contribution in [0.25, 0.3) is 5.69 Å². The Kier molecular flexibility index (Phi) is 8.15. The van der Waals surface area contributed by atoms with Gasteiger partial charge >= 0.3 is 0 Å². The Morgan fingerprint density at radius 2 is 1.89 bits per heavy atom. The van der Waals surface area contributed by atoms with Crippen molar-refractivity contribution in [2.75, 3.05) is 19.7 Å². The molecule has 8 heteroatoms. The molecule has 0 aliphatic heterocycles. The van der Waals surface area contributed by atoms with Gasteiger partial charge in [-0.3, -0.25) is 4.90 Å². The van der Waals surface area contributed by atoms with E-state index in [2.05, 4.69) is 4.90 Å². The fraction of sp³-hybridized carbons (Fsp3) is 0.444. The molecular weight excluding hydrogens is 452 g/mol. The molecule has 1 aromatic heterocycles. The van der Waals surface area contributed by atoms with Crippen molar-refractivity contribution < 1.29 is 23.4 Å². The topological polar surface area (TPSA) is 59.8 Å². The molecule has 35 heavy (non-hydrogen) atoms. The third-order valence-corrected chi connectivity index (χ3v) is 5.92. The van der Waals surface area contributed by atoms with Crippen LogP contribution in [0.1, 0.15) is 37.9 Å². The van der Waals surface area contributed by atoms with Gasteiger partial charge in [-0.25, -0.2) is 13.5 Å². The zero-order chi connectivity index (χ0) is 24.9. The molecular formula is C27H33F2N3O3. The number of halogens is 2. The normalized spacial score (nSPS) is 14.6. The highest BCUT2D eigenvalue weighted by Crippen LogP contribution is 2.35. The molecule has 2 aromatic carbocycles. The fourth-order valence-electron chi connectivity index (χ4n) is 3.98. The van der Waals surface area contributed by atoms with Crippen LogP contribution in [0.15, 0.2) is 48.5 Å². The quantitative estimate of drug-likeness (QED) is 0.380. The van der Waals surface area contributed by atoms with E-state index in [-0.39, 0.29) is 18.5 Å². The minimum atomic E-state index is -0.787. The smallest absolute Gasteiger partial charge is 0.227 e. The number of aliphatic hydroxyl groups is 1. The first-order valence-corrected chi connectivity index (χ1v) is 12.1. The first kappa shape index (κ1) is 25.3. The van der Waals surface area contributed by atoms with E-state index in [0.717, 1.165) is 29.6 Å². The molecule has 6 nitrogen and oxygen atoms in total. The Morgan fingerprint density at radius 3 is 2.54 bits per heavy atom. The predicted molar refractivity (Wildman–Crippen MR) is 130 cm³/mol. The van der Waals surface area contributed by atoms with E-state index in [1.54, 1.807) is 4.68 Å². The molecule has 0 saturated heterocycles. The number of hydrogen-bond acceptors (Lipinski definition) is 5. The summed E-state index contributed by atoms with van der Waals surface area (Å²) in [6, 6.07) is 12.7. The lowest BCUT2D eigenvalue weighted by Crippen LogP contribution is -2.36. The summed E-state index contributed by atoms with van der Waals surface area (Å²) in [4.78, 5) is 2.18. The summed E-state index contributed by atoms with van der Waals surface area (Å²) in [6.07, 6.45) is 1.74. The Bertz CT molecular complexity index is 1120. The van der Waals surface area contributed by atoms with Crippen molar-refractivity contribution in [2.45, 2.75) is 52.4 Å². The first-order valence-electron chi connectivity index (χ1n) is 12.1. The number of aliphatic hydroxyl groups excluding tert-OH is 1. The van der Waals surface area contributed by atoms with Gasteiger partial charge in [0.25, 0.3) is 0 Å². The number of para-hydroxylation sites is 1. The van der Waals surface area contributed by atoms with E-state index in [0.29, 0.717) is 24.9 Å². The van der Waals surface area contributed by atoms with Gasteiger partial charge in [-0.15, -0.1) is 0 Å². The molecule has 4 rings (SSSR count). The van der Waals surface area contributed by atoms with Crippen molar-refractivity contribution in [3.05, 3.63) is 71.4 Å². The van der Waals surface area contributed by atoms with Gasteiger partial charge in [0.2, 0.25) is 5.88 Å². The molecule has 1 saturated carbocycles. The highest BCUT2D eigenvalue weighted by Gasteiger charge is 2.28. The van der Waals surface area contributed by atoms with Crippen LogP contribution in [0.2, 0.25) is 0 Å². The second kappa shape index (κ2) is 11.3. The summed E-state index contributed by atoms with van der Waals surface area (Å²) in [6.45, 7) is 7.75. The van der Waals surface area contributed by atoms with Gasteiger partial charge in [0.15, 0.2) is 11.6 Å². The van der Waals surface area contributed by atoms with E-state index in [9.17, 15) is 13.9 Å². The minimum absolute atomic E-state index is 0.0403. The van der Waals surface area contributed by atoms with Gasteiger partial charge in [-0.1, -0.05) is 18.2 Å². The fourth-order valence-corrected chi connectivity index (χ4v) is 3.98. The average molecular weight is 486 g/mol. The molecule has 1 atom stereocenters. The van der Waals surface area contributed by atoms with E-state index in [1.807, 2.05) is 51.1 Å². The molecule has 1 heterocycles. The van der Waals surface area contributed by atoms with E-state index >= 15 is 0 Å². The monoisotopic (exact) mass is 485 g/mol. The van der Waals surface area contributed by atoms with Crippen LogP contribution in [0.4, 0.5) is 8.78 Å². The lowest BCUT2D eigenvalue weighted by Gasteiger charge is -2.26. The summed E-state index contributed by atoms with van der Waals surface area (Å²) >= 11 is 0. The molecule has 0 amide bonds. The zero-order valence-electron chi connectivity index (χ0n) is 20.5. The molecule has 1 N–H and O–H groups in total.